The van der Waals surface area contributed by atoms with Crippen LogP contribution >= 0.6 is 0 Å². The summed E-state index contributed by atoms with van der Waals surface area (Å²) in [6.07, 6.45) is 5.16. The van der Waals surface area contributed by atoms with Gasteiger partial charge in [-0.2, -0.15) is 0 Å². The fraction of sp³-hybridized carbons (Fsp3) is 0.833. The van der Waals surface area contributed by atoms with Crippen LogP contribution in [-0.2, 0) is 9.59 Å². The molecule has 0 aromatic carbocycles. The maximum Gasteiger partial charge on any atom is 0.326 e. The van der Waals surface area contributed by atoms with Crippen molar-refractivity contribution in [3.8, 4) is 0 Å². The quantitative estimate of drug-likeness (QED) is 0.646. The van der Waals surface area contributed by atoms with E-state index in [1.165, 1.54) is 0 Å². The summed E-state index contributed by atoms with van der Waals surface area (Å²) in [5.41, 5.74) is 0. The van der Waals surface area contributed by atoms with E-state index in [9.17, 15) is 9.59 Å². The van der Waals surface area contributed by atoms with Crippen LogP contribution in [0.15, 0.2) is 0 Å². The third-order valence-electron chi connectivity index (χ3n) is 3.09. The van der Waals surface area contributed by atoms with Crippen LogP contribution in [0.1, 0.15) is 45.4 Å². The average molecular weight is 242 g/mol. The molecule has 3 N–H and O–H groups in total. The molecule has 17 heavy (non-hydrogen) atoms. The number of piperidine rings is 1. The largest absolute Gasteiger partial charge is 0.480 e. The molecule has 98 valence electrons. The number of carboxylic acids is 1. The molecule has 2 atom stereocenters. The molecule has 1 aliphatic rings. The molecule has 1 amide bonds. The van der Waals surface area contributed by atoms with Crippen molar-refractivity contribution in [2.24, 2.45) is 0 Å². The molecule has 1 rings (SSSR count). The van der Waals surface area contributed by atoms with Crippen molar-refractivity contribution in [1.82, 2.24) is 10.6 Å². The van der Waals surface area contributed by atoms with E-state index in [0.29, 0.717) is 6.42 Å². The topological polar surface area (TPSA) is 78.4 Å². The monoisotopic (exact) mass is 242 g/mol. The molecule has 5 heteroatoms. The van der Waals surface area contributed by atoms with Crippen molar-refractivity contribution in [2.75, 3.05) is 6.54 Å². The number of hydrogen-bond acceptors (Lipinski definition) is 3. The first-order valence-electron chi connectivity index (χ1n) is 6.41. The van der Waals surface area contributed by atoms with Crippen LogP contribution in [-0.4, -0.2) is 35.6 Å². The van der Waals surface area contributed by atoms with E-state index >= 15 is 0 Å². The summed E-state index contributed by atoms with van der Waals surface area (Å²) >= 11 is 0. The number of carboxylic acid groups (broad SMARTS) is 1. The lowest BCUT2D eigenvalue weighted by molar-refractivity contribution is -0.142. The van der Waals surface area contributed by atoms with Crippen LogP contribution in [0.25, 0.3) is 0 Å². The Morgan fingerprint density at radius 2 is 2.24 bits per heavy atom. The summed E-state index contributed by atoms with van der Waals surface area (Å²) in [5.74, 6) is -1.11. The molecule has 5 nitrogen and oxygen atoms in total. The average Bonchev–Trinajstić information content (AvgIpc) is 2.35. The summed E-state index contributed by atoms with van der Waals surface area (Å²) in [6, 6.07) is -0.960. The van der Waals surface area contributed by atoms with Crippen molar-refractivity contribution in [2.45, 2.75) is 57.5 Å². The Labute approximate surface area is 102 Å². The Hall–Kier alpha value is -1.10. The van der Waals surface area contributed by atoms with Gasteiger partial charge in [-0.15, -0.1) is 0 Å². The molecule has 1 fully saturated rings. The van der Waals surface area contributed by atoms with Gasteiger partial charge in [0, 0.05) is 0 Å². The molecule has 0 radical (unpaired) electrons. The van der Waals surface area contributed by atoms with Gasteiger partial charge in [0.2, 0.25) is 5.91 Å². The van der Waals surface area contributed by atoms with Crippen molar-refractivity contribution < 1.29 is 14.7 Å². The number of unbranched alkanes of at least 4 members (excludes halogenated alkanes) is 1. The second-order valence-electron chi connectivity index (χ2n) is 4.54. The summed E-state index contributed by atoms with van der Waals surface area (Å²) in [6.45, 7) is 2.84. The summed E-state index contributed by atoms with van der Waals surface area (Å²) in [4.78, 5) is 22.8. The Balaban J connectivity index is 2.42. The minimum Gasteiger partial charge on any atom is -0.480 e. The van der Waals surface area contributed by atoms with Gasteiger partial charge in [-0.3, -0.25) is 4.79 Å². The number of nitrogens with one attached hydrogen (secondary N) is 2. The number of aliphatic carboxylic acids is 1. The van der Waals surface area contributed by atoms with Crippen LogP contribution < -0.4 is 10.6 Å². The highest BCUT2D eigenvalue weighted by Gasteiger charge is 2.25. The van der Waals surface area contributed by atoms with E-state index in [2.05, 4.69) is 10.6 Å². The zero-order valence-electron chi connectivity index (χ0n) is 10.4. The molecule has 2 unspecified atom stereocenters. The lowest BCUT2D eigenvalue weighted by Crippen LogP contribution is -2.51. The number of amides is 1. The second-order valence-corrected chi connectivity index (χ2v) is 4.54. The normalized spacial score (nSPS) is 21.8. The molecule has 1 heterocycles. The van der Waals surface area contributed by atoms with E-state index in [0.717, 1.165) is 38.6 Å². The van der Waals surface area contributed by atoms with E-state index in [1.54, 1.807) is 0 Å². The predicted molar refractivity (Wildman–Crippen MR) is 64.7 cm³/mol. The zero-order chi connectivity index (χ0) is 12.7. The third kappa shape index (κ3) is 4.73. The fourth-order valence-electron chi connectivity index (χ4n) is 2.01. The van der Waals surface area contributed by atoms with Gasteiger partial charge < -0.3 is 15.7 Å². The van der Waals surface area contributed by atoms with Crippen molar-refractivity contribution in [1.29, 1.82) is 0 Å². The van der Waals surface area contributed by atoms with Gasteiger partial charge in [-0.05, 0) is 25.8 Å². The van der Waals surface area contributed by atoms with Gasteiger partial charge in [-0.25, -0.2) is 4.79 Å². The Morgan fingerprint density at radius 1 is 1.47 bits per heavy atom. The lowest BCUT2D eigenvalue weighted by atomic mass is 10.0. The third-order valence-corrected chi connectivity index (χ3v) is 3.09. The minimum atomic E-state index is -0.942. The fourth-order valence-corrected chi connectivity index (χ4v) is 2.01. The van der Waals surface area contributed by atoms with Crippen LogP contribution in [0.5, 0.6) is 0 Å². The van der Waals surface area contributed by atoms with Gasteiger partial charge in [0.1, 0.15) is 6.04 Å². The molecule has 1 aliphatic heterocycles. The van der Waals surface area contributed by atoms with Crippen molar-refractivity contribution in [3.63, 3.8) is 0 Å². The molecular weight excluding hydrogens is 220 g/mol. The smallest absolute Gasteiger partial charge is 0.326 e. The van der Waals surface area contributed by atoms with Crippen LogP contribution in [0.4, 0.5) is 0 Å². The number of hydrogen-bond donors (Lipinski definition) is 3. The van der Waals surface area contributed by atoms with E-state index in [-0.39, 0.29) is 11.9 Å². The maximum absolute atomic E-state index is 11.8. The second kappa shape index (κ2) is 7.27. The Kier molecular flexibility index (Phi) is 5.97. The molecule has 0 spiro atoms. The van der Waals surface area contributed by atoms with Crippen LogP contribution in [0, 0.1) is 0 Å². The SMILES string of the molecule is CCCCC(NC(=O)C1CCCCN1)C(=O)O. The molecule has 0 aromatic heterocycles. The standard InChI is InChI=1S/C12H22N2O3/c1-2-3-6-10(12(16)17)14-11(15)9-7-4-5-8-13-9/h9-10,13H,2-8H2,1H3,(H,14,15)(H,16,17). The lowest BCUT2D eigenvalue weighted by Gasteiger charge is -2.24. The van der Waals surface area contributed by atoms with Crippen LogP contribution in [0.3, 0.4) is 0 Å². The van der Waals surface area contributed by atoms with Gasteiger partial charge in [0.05, 0.1) is 6.04 Å². The predicted octanol–water partition coefficient (Wildman–Crippen LogP) is 0.888. The maximum atomic E-state index is 11.8. The summed E-state index contributed by atoms with van der Waals surface area (Å²) in [5, 5.41) is 14.7. The van der Waals surface area contributed by atoms with E-state index in [1.807, 2.05) is 6.92 Å². The van der Waals surface area contributed by atoms with Crippen molar-refractivity contribution in [3.05, 3.63) is 0 Å². The molecule has 0 aliphatic carbocycles. The Bertz CT molecular complexity index is 262. The highest BCUT2D eigenvalue weighted by Crippen LogP contribution is 2.08. The minimum absolute atomic E-state index is 0.173. The molecule has 1 saturated heterocycles. The number of carbonyl (C=O) groups excluding carboxylic acids is 1. The van der Waals surface area contributed by atoms with Gasteiger partial charge >= 0.3 is 5.97 Å². The first-order chi connectivity index (χ1) is 8.15. The number of rotatable bonds is 6. The molecule has 0 bridgehead atoms. The highest BCUT2D eigenvalue weighted by molar-refractivity contribution is 5.86. The van der Waals surface area contributed by atoms with E-state index in [4.69, 9.17) is 5.11 Å². The summed E-state index contributed by atoms with van der Waals surface area (Å²) < 4.78 is 0. The highest BCUT2D eigenvalue weighted by atomic mass is 16.4. The van der Waals surface area contributed by atoms with Gasteiger partial charge in [0.25, 0.3) is 0 Å². The first kappa shape index (κ1) is 14.0. The summed E-state index contributed by atoms with van der Waals surface area (Å²) in [7, 11) is 0. The van der Waals surface area contributed by atoms with Crippen molar-refractivity contribution >= 4 is 11.9 Å². The molecule has 0 aromatic rings. The van der Waals surface area contributed by atoms with Gasteiger partial charge in [-0.1, -0.05) is 26.2 Å². The first-order valence-corrected chi connectivity index (χ1v) is 6.41. The molecule has 0 saturated carbocycles. The molecular formula is C12H22N2O3. The number of carbonyl (C=O) groups is 2. The van der Waals surface area contributed by atoms with E-state index < -0.39 is 12.0 Å². The zero-order valence-corrected chi connectivity index (χ0v) is 10.4. The van der Waals surface area contributed by atoms with Gasteiger partial charge in [0.15, 0.2) is 0 Å². The van der Waals surface area contributed by atoms with Crippen LogP contribution in [0.2, 0.25) is 0 Å². The Morgan fingerprint density at radius 3 is 2.76 bits per heavy atom.